The second-order valence-electron chi connectivity index (χ2n) is 3.72. The number of para-hydroxylation sites is 1. The van der Waals surface area contributed by atoms with Crippen molar-refractivity contribution < 1.29 is 4.74 Å². The molecule has 0 aliphatic heterocycles. The van der Waals surface area contributed by atoms with E-state index in [1.807, 2.05) is 30.3 Å². The van der Waals surface area contributed by atoms with Crippen molar-refractivity contribution in [1.82, 2.24) is 0 Å². The Bertz CT molecular complexity index is 434. The predicted octanol–water partition coefficient (Wildman–Crippen LogP) is 3.83. The summed E-state index contributed by atoms with van der Waals surface area (Å²) in [6, 6.07) is 18.3. The Morgan fingerprint density at radius 2 is 1.44 bits per heavy atom. The first-order valence-electron chi connectivity index (χ1n) is 5.65. The van der Waals surface area contributed by atoms with E-state index < -0.39 is 0 Å². The average molecular weight is 212 g/mol. The van der Waals surface area contributed by atoms with Crippen molar-refractivity contribution in [2.24, 2.45) is 0 Å². The highest BCUT2D eigenvalue weighted by Crippen LogP contribution is 2.14. The molecule has 2 aromatic carbocycles. The molecule has 0 bridgehead atoms. The summed E-state index contributed by atoms with van der Waals surface area (Å²) in [5, 5.41) is 0. The van der Waals surface area contributed by atoms with Crippen LogP contribution in [0.2, 0.25) is 0 Å². The number of ether oxygens (including phenoxy) is 1. The van der Waals surface area contributed by atoms with Crippen molar-refractivity contribution in [2.45, 2.75) is 20.0 Å². The fourth-order valence-corrected chi connectivity index (χ4v) is 1.72. The standard InChI is InChI=1S/C15H16O/c1-2-13-8-6-7-9-14(13)12-16-15-10-4-3-5-11-15/h3-11H,2,12H2,1H3. The summed E-state index contributed by atoms with van der Waals surface area (Å²) >= 11 is 0. The highest BCUT2D eigenvalue weighted by molar-refractivity contribution is 5.28. The largest absolute Gasteiger partial charge is 0.489 e. The first-order valence-corrected chi connectivity index (χ1v) is 5.65. The molecule has 0 aliphatic rings. The van der Waals surface area contributed by atoms with E-state index >= 15 is 0 Å². The summed E-state index contributed by atoms with van der Waals surface area (Å²) in [5.41, 5.74) is 2.63. The number of benzene rings is 2. The van der Waals surface area contributed by atoms with Crippen molar-refractivity contribution in [3.63, 3.8) is 0 Å². The number of hydrogen-bond acceptors (Lipinski definition) is 1. The van der Waals surface area contributed by atoms with Gasteiger partial charge < -0.3 is 4.74 Å². The van der Waals surface area contributed by atoms with Crippen LogP contribution in [-0.2, 0) is 13.0 Å². The van der Waals surface area contributed by atoms with Crippen LogP contribution in [-0.4, -0.2) is 0 Å². The van der Waals surface area contributed by atoms with E-state index in [1.54, 1.807) is 0 Å². The minimum Gasteiger partial charge on any atom is -0.489 e. The average Bonchev–Trinajstić information content (AvgIpc) is 2.38. The Kier molecular flexibility index (Phi) is 3.60. The van der Waals surface area contributed by atoms with Crippen LogP contribution in [0.3, 0.4) is 0 Å². The summed E-state index contributed by atoms with van der Waals surface area (Å²) in [6.07, 6.45) is 1.05. The highest BCUT2D eigenvalue weighted by Gasteiger charge is 2.00. The molecule has 0 atom stereocenters. The first kappa shape index (κ1) is 10.7. The molecule has 0 aliphatic carbocycles. The molecule has 2 aromatic rings. The molecule has 1 heteroatoms. The van der Waals surface area contributed by atoms with Crippen LogP contribution in [0.25, 0.3) is 0 Å². The first-order chi connectivity index (χ1) is 7.90. The van der Waals surface area contributed by atoms with Gasteiger partial charge in [-0.2, -0.15) is 0 Å². The SMILES string of the molecule is CCc1ccccc1COc1ccccc1. The maximum absolute atomic E-state index is 5.73. The van der Waals surface area contributed by atoms with E-state index in [-0.39, 0.29) is 0 Å². The lowest BCUT2D eigenvalue weighted by Crippen LogP contribution is -1.99. The van der Waals surface area contributed by atoms with Crippen LogP contribution in [0, 0.1) is 0 Å². The second kappa shape index (κ2) is 5.36. The Morgan fingerprint density at radius 1 is 0.812 bits per heavy atom. The van der Waals surface area contributed by atoms with Gasteiger partial charge in [0.25, 0.3) is 0 Å². The van der Waals surface area contributed by atoms with Gasteiger partial charge in [-0.3, -0.25) is 0 Å². The summed E-state index contributed by atoms with van der Waals surface area (Å²) in [7, 11) is 0. The Balaban J connectivity index is 2.05. The van der Waals surface area contributed by atoms with Gasteiger partial charge in [0, 0.05) is 0 Å². The number of aryl methyl sites for hydroxylation is 1. The summed E-state index contributed by atoms with van der Waals surface area (Å²) in [5.74, 6) is 0.924. The van der Waals surface area contributed by atoms with Crippen molar-refractivity contribution in [3.05, 3.63) is 65.7 Å². The van der Waals surface area contributed by atoms with Gasteiger partial charge in [0.2, 0.25) is 0 Å². The predicted molar refractivity (Wildman–Crippen MR) is 66.6 cm³/mol. The van der Waals surface area contributed by atoms with Crippen molar-refractivity contribution >= 4 is 0 Å². The number of rotatable bonds is 4. The lowest BCUT2D eigenvalue weighted by Gasteiger charge is -2.09. The molecule has 0 saturated carbocycles. The third-order valence-electron chi connectivity index (χ3n) is 2.64. The normalized spacial score (nSPS) is 10.1. The fourth-order valence-electron chi connectivity index (χ4n) is 1.72. The van der Waals surface area contributed by atoms with Crippen LogP contribution in [0.15, 0.2) is 54.6 Å². The third-order valence-corrected chi connectivity index (χ3v) is 2.64. The van der Waals surface area contributed by atoms with Gasteiger partial charge in [-0.1, -0.05) is 49.4 Å². The Labute approximate surface area is 96.7 Å². The Morgan fingerprint density at radius 3 is 2.12 bits per heavy atom. The summed E-state index contributed by atoms with van der Waals surface area (Å²) in [4.78, 5) is 0. The van der Waals surface area contributed by atoms with E-state index in [4.69, 9.17) is 4.74 Å². The van der Waals surface area contributed by atoms with Crippen molar-refractivity contribution in [1.29, 1.82) is 0 Å². The van der Waals surface area contributed by atoms with Crippen LogP contribution < -0.4 is 4.74 Å². The van der Waals surface area contributed by atoms with Gasteiger partial charge in [-0.25, -0.2) is 0 Å². The molecule has 0 radical (unpaired) electrons. The minimum absolute atomic E-state index is 0.647. The monoisotopic (exact) mass is 212 g/mol. The molecular formula is C15H16O. The molecule has 0 aromatic heterocycles. The molecule has 0 heterocycles. The molecule has 82 valence electrons. The molecule has 0 amide bonds. The van der Waals surface area contributed by atoms with Gasteiger partial charge in [0.05, 0.1) is 0 Å². The topological polar surface area (TPSA) is 9.23 Å². The molecule has 2 rings (SSSR count). The lowest BCUT2D eigenvalue weighted by atomic mass is 10.1. The second-order valence-corrected chi connectivity index (χ2v) is 3.72. The molecule has 1 nitrogen and oxygen atoms in total. The van der Waals surface area contributed by atoms with Gasteiger partial charge in [-0.05, 0) is 29.7 Å². The zero-order valence-corrected chi connectivity index (χ0v) is 9.52. The van der Waals surface area contributed by atoms with E-state index in [2.05, 4.69) is 31.2 Å². The smallest absolute Gasteiger partial charge is 0.119 e. The summed E-state index contributed by atoms with van der Waals surface area (Å²) < 4.78 is 5.73. The van der Waals surface area contributed by atoms with Crippen LogP contribution in [0.4, 0.5) is 0 Å². The Hall–Kier alpha value is -1.76. The van der Waals surface area contributed by atoms with Crippen molar-refractivity contribution in [2.75, 3.05) is 0 Å². The minimum atomic E-state index is 0.647. The quantitative estimate of drug-likeness (QED) is 0.748. The highest BCUT2D eigenvalue weighted by atomic mass is 16.5. The zero-order valence-electron chi connectivity index (χ0n) is 9.52. The van der Waals surface area contributed by atoms with E-state index in [0.717, 1.165) is 12.2 Å². The maximum atomic E-state index is 5.73. The molecule has 0 unspecified atom stereocenters. The molecular weight excluding hydrogens is 196 g/mol. The van der Waals surface area contributed by atoms with Gasteiger partial charge in [-0.15, -0.1) is 0 Å². The van der Waals surface area contributed by atoms with Gasteiger partial charge in [0.1, 0.15) is 12.4 Å². The van der Waals surface area contributed by atoms with Crippen LogP contribution in [0.1, 0.15) is 18.1 Å². The maximum Gasteiger partial charge on any atom is 0.119 e. The van der Waals surface area contributed by atoms with Gasteiger partial charge >= 0.3 is 0 Å². The third kappa shape index (κ3) is 2.63. The molecule has 16 heavy (non-hydrogen) atoms. The van der Waals surface area contributed by atoms with E-state index in [1.165, 1.54) is 11.1 Å². The van der Waals surface area contributed by atoms with Crippen molar-refractivity contribution in [3.8, 4) is 5.75 Å². The van der Waals surface area contributed by atoms with Crippen LogP contribution in [0.5, 0.6) is 5.75 Å². The number of hydrogen-bond donors (Lipinski definition) is 0. The van der Waals surface area contributed by atoms with E-state index in [9.17, 15) is 0 Å². The van der Waals surface area contributed by atoms with Crippen LogP contribution >= 0.6 is 0 Å². The van der Waals surface area contributed by atoms with E-state index in [0.29, 0.717) is 6.61 Å². The zero-order chi connectivity index (χ0) is 11.2. The van der Waals surface area contributed by atoms with Gasteiger partial charge in [0.15, 0.2) is 0 Å². The fraction of sp³-hybridized carbons (Fsp3) is 0.200. The lowest BCUT2D eigenvalue weighted by molar-refractivity contribution is 0.305. The molecule has 0 N–H and O–H groups in total. The molecule has 0 saturated heterocycles. The summed E-state index contributed by atoms with van der Waals surface area (Å²) in [6.45, 7) is 2.81. The molecule has 0 spiro atoms. The molecule has 0 fully saturated rings.